The number of nitrogens with zero attached hydrogens (tertiary/aromatic N) is 1. The third kappa shape index (κ3) is 1.76. The number of benzene rings is 1. The molecule has 0 aliphatic heterocycles. The van der Waals surface area contributed by atoms with Crippen molar-refractivity contribution in [2.24, 2.45) is 0 Å². The van der Waals surface area contributed by atoms with Gasteiger partial charge in [0.25, 0.3) is 0 Å². The van der Waals surface area contributed by atoms with E-state index in [1.54, 1.807) is 0 Å². The molecule has 1 aromatic heterocycles. The summed E-state index contributed by atoms with van der Waals surface area (Å²) in [7, 11) is 0. The predicted molar refractivity (Wildman–Crippen MR) is 52.1 cm³/mol. The molecule has 0 aliphatic rings. The minimum Gasteiger partial charge on any atom is -0.298 e. The quantitative estimate of drug-likeness (QED) is 0.698. The summed E-state index contributed by atoms with van der Waals surface area (Å²) in [4.78, 5) is 14.3. The van der Waals surface area contributed by atoms with E-state index in [9.17, 15) is 18.0 Å². The molecule has 0 saturated heterocycles. The third-order valence-electron chi connectivity index (χ3n) is 2.20. The van der Waals surface area contributed by atoms with Gasteiger partial charge in [0, 0.05) is 17.1 Å². The molecule has 5 heteroatoms. The summed E-state index contributed by atoms with van der Waals surface area (Å²) in [6.45, 7) is 0. The largest absolute Gasteiger partial charge is 0.417 e. The summed E-state index contributed by atoms with van der Waals surface area (Å²) >= 11 is 0. The molecule has 16 heavy (non-hydrogen) atoms. The van der Waals surface area contributed by atoms with Gasteiger partial charge in [0.15, 0.2) is 6.29 Å². The van der Waals surface area contributed by atoms with E-state index in [2.05, 4.69) is 4.98 Å². The Morgan fingerprint density at radius 1 is 1.25 bits per heavy atom. The topological polar surface area (TPSA) is 30.0 Å². The van der Waals surface area contributed by atoms with Crippen molar-refractivity contribution < 1.29 is 18.0 Å². The van der Waals surface area contributed by atoms with Gasteiger partial charge in [-0.2, -0.15) is 13.2 Å². The van der Waals surface area contributed by atoms with Crippen molar-refractivity contribution in [2.45, 2.75) is 6.18 Å². The van der Waals surface area contributed by atoms with Gasteiger partial charge >= 0.3 is 6.18 Å². The fourth-order valence-corrected chi connectivity index (χ4v) is 1.43. The van der Waals surface area contributed by atoms with Crippen molar-refractivity contribution in [3.63, 3.8) is 0 Å². The monoisotopic (exact) mass is 225 g/mol. The lowest BCUT2D eigenvalue weighted by Crippen LogP contribution is -2.05. The Labute approximate surface area is 88.7 Å². The number of fused-ring (bicyclic) bond motifs is 1. The lowest BCUT2D eigenvalue weighted by atomic mass is 10.1. The van der Waals surface area contributed by atoms with Crippen molar-refractivity contribution in [2.75, 3.05) is 0 Å². The lowest BCUT2D eigenvalue weighted by molar-refractivity contribution is -0.137. The standard InChI is InChI=1S/C11H6F3NO/c12-11(13,14)9-4-7-2-1-3-8(6-16)10(7)15-5-9/h1-6H. The Bertz CT molecular complexity index is 548. The van der Waals surface area contributed by atoms with Crippen molar-refractivity contribution >= 4 is 17.2 Å². The van der Waals surface area contributed by atoms with Crippen LogP contribution >= 0.6 is 0 Å². The van der Waals surface area contributed by atoms with Crippen LogP contribution in [0, 0.1) is 0 Å². The molecule has 1 aromatic carbocycles. The number of carbonyl (C=O) groups excluding carboxylic acids is 1. The van der Waals surface area contributed by atoms with Gasteiger partial charge in [-0.1, -0.05) is 12.1 Å². The molecule has 0 amide bonds. The highest BCUT2D eigenvalue weighted by Gasteiger charge is 2.31. The zero-order valence-electron chi connectivity index (χ0n) is 7.95. The number of pyridine rings is 1. The van der Waals surface area contributed by atoms with E-state index >= 15 is 0 Å². The Balaban J connectivity index is 2.69. The molecule has 82 valence electrons. The van der Waals surface area contributed by atoms with E-state index in [0.717, 1.165) is 12.3 Å². The maximum Gasteiger partial charge on any atom is 0.417 e. The van der Waals surface area contributed by atoms with Crippen LogP contribution in [0.2, 0.25) is 0 Å². The van der Waals surface area contributed by atoms with Gasteiger partial charge in [-0.05, 0) is 12.1 Å². The van der Waals surface area contributed by atoms with E-state index < -0.39 is 11.7 Å². The van der Waals surface area contributed by atoms with Crippen molar-refractivity contribution in [1.29, 1.82) is 0 Å². The average Bonchev–Trinajstić information content (AvgIpc) is 2.26. The molecule has 1 heterocycles. The summed E-state index contributed by atoms with van der Waals surface area (Å²) in [6.07, 6.45) is -3.11. The highest BCUT2D eigenvalue weighted by molar-refractivity contribution is 5.95. The first kappa shape index (κ1) is 10.6. The van der Waals surface area contributed by atoms with Crippen LogP contribution in [-0.4, -0.2) is 11.3 Å². The van der Waals surface area contributed by atoms with Crippen molar-refractivity contribution in [3.8, 4) is 0 Å². The van der Waals surface area contributed by atoms with Gasteiger partial charge in [-0.25, -0.2) is 0 Å². The Morgan fingerprint density at radius 2 is 2.00 bits per heavy atom. The van der Waals surface area contributed by atoms with Gasteiger partial charge in [-0.15, -0.1) is 0 Å². The van der Waals surface area contributed by atoms with Crippen LogP contribution < -0.4 is 0 Å². The molecule has 0 N–H and O–H groups in total. The van der Waals surface area contributed by atoms with Crippen LogP contribution in [0.3, 0.4) is 0 Å². The highest BCUT2D eigenvalue weighted by Crippen LogP contribution is 2.30. The van der Waals surface area contributed by atoms with Crippen LogP contribution in [0.4, 0.5) is 13.2 Å². The van der Waals surface area contributed by atoms with Crippen molar-refractivity contribution in [3.05, 3.63) is 41.6 Å². The number of hydrogen-bond acceptors (Lipinski definition) is 2. The maximum absolute atomic E-state index is 12.4. The van der Waals surface area contributed by atoms with E-state index in [1.807, 2.05) is 0 Å². The molecular weight excluding hydrogens is 219 g/mol. The average molecular weight is 225 g/mol. The van der Waals surface area contributed by atoms with E-state index in [1.165, 1.54) is 18.2 Å². The Morgan fingerprint density at radius 3 is 2.62 bits per heavy atom. The number of aldehydes is 1. The lowest BCUT2D eigenvalue weighted by Gasteiger charge is -2.07. The second-order valence-corrected chi connectivity index (χ2v) is 3.26. The van der Waals surface area contributed by atoms with E-state index in [0.29, 0.717) is 11.7 Å². The molecule has 2 aromatic rings. The summed E-state index contributed by atoms with van der Waals surface area (Å²) in [6, 6.07) is 5.50. The molecule has 0 unspecified atom stereocenters. The molecule has 0 radical (unpaired) electrons. The van der Waals surface area contributed by atoms with Crippen molar-refractivity contribution in [1.82, 2.24) is 4.98 Å². The zero-order valence-corrected chi connectivity index (χ0v) is 7.95. The molecule has 0 saturated carbocycles. The zero-order chi connectivity index (χ0) is 11.8. The first-order valence-electron chi connectivity index (χ1n) is 4.43. The number of para-hydroxylation sites is 1. The van der Waals surface area contributed by atoms with E-state index in [-0.39, 0.29) is 11.1 Å². The molecule has 0 fully saturated rings. The molecule has 0 bridgehead atoms. The Hall–Kier alpha value is -1.91. The fourth-order valence-electron chi connectivity index (χ4n) is 1.43. The molecular formula is C11H6F3NO. The molecule has 2 rings (SSSR count). The minimum atomic E-state index is -4.42. The van der Waals surface area contributed by atoms with Gasteiger partial charge in [0.2, 0.25) is 0 Å². The van der Waals surface area contributed by atoms with Crippen LogP contribution in [-0.2, 0) is 6.18 Å². The molecule has 0 spiro atoms. The fraction of sp³-hybridized carbons (Fsp3) is 0.0909. The minimum absolute atomic E-state index is 0.283. The SMILES string of the molecule is O=Cc1cccc2cc(C(F)(F)F)cnc12. The van der Waals surface area contributed by atoms with Crippen LogP contribution in [0.15, 0.2) is 30.5 Å². The molecule has 0 aliphatic carbocycles. The number of aromatic nitrogens is 1. The Kier molecular flexibility index (Phi) is 2.38. The summed E-state index contributed by atoms with van der Waals surface area (Å²) in [5, 5.41) is 0.305. The van der Waals surface area contributed by atoms with E-state index in [4.69, 9.17) is 0 Å². The van der Waals surface area contributed by atoms with Gasteiger partial charge in [0.1, 0.15) is 0 Å². The van der Waals surface area contributed by atoms with Gasteiger partial charge in [0.05, 0.1) is 11.1 Å². The first-order chi connectivity index (χ1) is 7.52. The number of alkyl halides is 3. The summed E-state index contributed by atoms with van der Waals surface area (Å²) in [5.74, 6) is 0. The second kappa shape index (κ2) is 3.59. The summed E-state index contributed by atoms with van der Waals surface area (Å²) < 4.78 is 37.2. The second-order valence-electron chi connectivity index (χ2n) is 3.26. The molecule has 2 nitrogen and oxygen atoms in total. The van der Waals surface area contributed by atoms with Crippen LogP contribution in [0.25, 0.3) is 10.9 Å². The maximum atomic E-state index is 12.4. The third-order valence-corrected chi connectivity index (χ3v) is 2.20. The number of halogens is 3. The first-order valence-corrected chi connectivity index (χ1v) is 4.43. The van der Waals surface area contributed by atoms with Gasteiger partial charge < -0.3 is 0 Å². The summed E-state index contributed by atoms with van der Waals surface area (Å²) in [5.41, 5.74) is -0.250. The highest BCUT2D eigenvalue weighted by atomic mass is 19.4. The van der Waals surface area contributed by atoms with Gasteiger partial charge in [-0.3, -0.25) is 9.78 Å². The van der Waals surface area contributed by atoms with Crippen LogP contribution in [0.5, 0.6) is 0 Å². The predicted octanol–water partition coefficient (Wildman–Crippen LogP) is 3.07. The molecule has 0 atom stereocenters. The number of carbonyl (C=O) groups is 1. The number of hydrogen-bond donors (Lipinski definition) is 0. The van der Waals surface area contributed by atoms with Crippen LogP contribution in [0.1, 0.15) is 15.9 Å². The normalized spacial score (nSPS) is 11.7. The smallest absolute Gasteiger partial charge is 0.298 e. The number of rotatable bonds is 1.